The summed E-state index contributed by atoms with van der Waals surface area (Å²) < 4.78 is 0. The van der Waals surface area contributed by atoms with Crippen LogP contribution in [0.2, 0.25) is 0 Å². The summed E-state index contributed by atoms with van der Waals surface area (Å²) in [5, 5.41) is 9.99. The van der Waals surface area contributed by atoms with Gasteiger partial charge in [-0.2, -0.15) is 0 Å². The number of hydrogen-bond acceptors (Lipinski definition) is 3. The van der Waals surface area contributed by atoms with Crippen molar-refractivity contribution in [1.82, 2.24) is 4.98 Å². The number of aromatic nitrogens is 1. The first kappa shape index (κ1) is 13.5. The number of aromatic carboxylic acids is 1. The molecule has 0 spiro atoms. The minimum Gasteiger partial charge on any atom is -0.478 e. The van der Waals surface area contributed by atoms with Crippen molar-refractivity contribution < 1.29 is 9.90 Å². The minimum atomic E-state index is -0.951. The molecule has 19 heavy (non-hydrogen) atoms. The maximum Gasteiger partial charge on any atom is 0.336 e. The van der Waals surface area contributed by atoms with Gasteiger partial charge in [-0.3, -0.25) is 4.98 Å². The molecule has 0 bridgehead atoms. The highest BCUT2D eigenvalue weighted by atomic mass is 16.4. The lowest BCUT2D eigenvalue weighted by Crippen LogP contribution is -2.12. The molecule has 1 aromatic carbocycles. The third kappa shape index (κ3) is 2.58. The lowest BCUT2D eigenvalue weighted by atomic mass is 9.86. The van der Waals surface area contributed by atoms with Gasteiger partial charge in [0, 0.05) is 11.9 Å². The highest BCUT2D eigenvalue weighted by Gasteiger charge is 2.17. The van der Waals surface area contributed by atoms with E-state index in [1.165, 1.54) is 0 Å². The fourth-order valence-electron chi connectivity index (χ4n) is 2.03. The van der Waals surface area contributed by atoms with Crippen LogP contribution in [0.5, 0.6) is 0 Å². The van der Waals surface area contributed by atoms with Crippen LogP contribution in [-0.2, 0) is 12.0 Å². The SMILES string of the molecule is CC(C)(C)c1ccc2nc(CN)cc(C(=O)O)c2c1. The summed E-state index contributed by atoms with van der Waals surface area (Å²) in [5.41, 5.74) is 8.14. The number of carboxylic acids is 1. The van der Waals surface area contributed by atoms with E-state index in [2.05, 4.69) is 25.8 Å². The lowest BCUT2D eigenvalue weighted by Gasteiger charge is -2.19. The number of pyridine rings is 1. The monoisotopic (exact) mass is 258 g/mol. The van der Waals surface area contributed by atoms with Crippen LogP contribution in [0.1, 0.15) is 42.4 Å². The van der Waals surface area contributed by atoms with Gasteiger partial charge in [-0.1, -0.05) is 26.8 Å². The first-order chi connectivity index (χ1) is 8.82. The molecule has 2 aromatic rings. The summed E-state index contributed by atoms with van der Waals surface area (Å²) in [6.45, 7) is 6.51. The Labute approximate surface area is 112 Å². The molecule has 4 nitrogen and oxygen atoms in total. The normalized spacial score (nSPS) is 11.8. The second kappa shape index (κ2) is 4.63. The molecule has 1 aromatic heterocycles. The van der Waals surface area contributed by atoms with Crippen molar-refractivity contribution in [2.75, 3.05) is 0 Å². The van der Waals surface area contributed by atoms with E-state index in [0.717, 1.165) is 5.56 Å². The number of fused-ring (bicyclic) bond motifs is 1. The minimum absolute atomic E-state index is 0.0312. The van der Waals surface area contributed by atoms with Gasteiger partial charge in [0.1, 0.15) is 0 Å². The quantitative estimate of drug-likeness (QED) is 0.868. The van der Waals surface area contributed by atoms with Crippen molar-refractivity contribution in [3.05, 3.63) is 41.1 Å². The van der Waals surface area contributed by atoms with E-state index in [1.54, 1.807) is 6.07 Å². The molecule has 1 heterocycles. The summed E-state index contributed by atoms with van der Waals surface area (Å²) >= 11 is 0. The van der Waals surface area contributed by atoms with E-state index in [0.29, 0.717) is 16.6 Å². The Balaban J connectivity index is 2.77. The van der Waals surface area contributed by atoms with E-state index < -0.39 is 5.97 Å². The van der Waals surface area contributed by atoms with Gasteiger partial charge in [0.05, 0.1) is 16.8 Å². The third-order valence-electron chi connectivity index (χ3n) is 3.17. The average molecular weight is 258 g/mol. The van der Waals surface area contributed by atoms with E-state index in [4.69, 9.17) is 5.73 Å². The van der Waals surface area contributed by atoms with Crippen LogP contribution in [0.3, 0.4) is 0 Å². The largest absolute Gasteiger partial charge is 0.478 e. The van der Waals surface area contributed by atoms with Crippen LogP contribution in [-0.4, -0.2) is 16.1 Å². The molecule has 0 saturated carbocycles. The molecule has 0 fully saturated rings. The van der Waals surface area contributed by atoms with Crippen molar-refractivity contribution in [3.63, 3.8) is 0 Å². The smallest absolute Gasteiger partial charge is 0.336 e. The van der Waals surface area contributed by atoms with Crippen molar-refractivity contribution >= 4 is 16.9 Å². The Morgan fingerprint density at radius 1 is 1.32 bits per heavy atom. The molecule has 0 unspecified atom stereocenters. The molecule has 0 amide bonds. The fraction of sp³-hybridized carbons (Fsp3) is 0.333. The third-order valence-corrected chi connectivity index (χ3v) is 3.17. The van der Waals surface area contributed by atoms with Gasteiger partial charge < -0.3 is 10.8 Å². The van der Waals surface area contributed by atoms with Crippen molar-refractivity contribution in [3.8, 4) is 0 Å². The Morgan fingerprint density at radius 2 is 2.00 bits per heavy atom. The van der Waals surface area contributed by atoms with Crippen LogP contribution in [0.15, 0.2) is 24.3 Å². The summed E-state index contributed by atoms with van der Waals surface area (Å²) in [4.78, 5) is 15.7. The van der Waals surface area contributed by atoms with E-state index in [1.807, 2.05) is 18.2 Å². The summed E-state index contributed by atoms with van der Waals surface area (Å²) in [5.74, 6) is -0.951. The van der Waals surface area contributed by atoms with Crippen LogP contribution in [0.25, 0.3) is 10.9 Å². The number of hydrogen-bond donors (Lipinski definition) is 2. The Morgan fingerprint density at radius 3 is 2.53 bits per heavy atom. The molecule has 0 aliphatic carbocycles. The van der Waals surface area contributed by atoms with Gasteiger partial charge in [0.15, 0.2) is 0 Å². The fourth-order valence-corrected chi connectivity index (χ4v) is 2.03. The maximum atomic E-state index is 11.4. The molecule has 0 aliphatic rings. The predicted octanol–water partition coefficient (Wildman–Crippen LogP) is 2.69. The van der Waals surface area contributed by atoms with E-state index >= 15 is 0 Å². The Hall–Kier alpha value is -1.94. The molecule has 2 rings (SSSR count). The second-order valence-electron chi connectivity index (χ2n) is 5.65. The standard InChI is InChI=1S/C15H18N2O2/c1-15(2,3)9-4-5-13-11(6-9)12(14(18)19)7-10(8-16)17-13/h4-7H,8,16H2,1-3H3,(H,18,19). The molecule has 0 atom stereocenters. The topological polar surface area (TPSA) is 76.2 Å². The summed E-state index contributed by atoms with van der Waals surface area (Å²) in [6, 6.07) is 7.31. The van der Waals surface area contributed by atoms with Crippen LogP contribution >= 0.6 is 0 Å². The first-order valence-electron chi connectivity index (χ1n) is 6.20. The number of nitrogens with zero attached hydrogens (tertiary/aromatic N) is 1. The van der Waals surface area contributed by atoms with Gasteiger partial charge in [-0.05, 0) is 29.2 Å². The van der Waals surface area contributed by atoms with Crippen molar-refractivity contribution in [1.29, 1.82) is 0 Å². The van der Waals surface area contributed by atoms with E-state index in [9.17, 15) is 9.90 Å². The first-order valence-corrected chi connectivity index (χ1v) is 6.20. The number of rotatable bonds is 2. The molecule has 4 heteroatoms. The van der Waals surface area contributed by atoms with Crippen molar-refractivity contribution in [2.24, 2.45) is 5.73 Å². The molecule has 100 valence electrons. The predicted molar refractivity (Wildman–Crippen MR) is 75.3 cm³/mol. The Bertz CT molecular complexity index is 642. The highest BCUT2D eigenvalue weighted by molar-refractivity contribution is 6.02. The molecule has 0 radical (unpaired) electrons. The van der Waals surface area contributed by atoms with Gasteiger partial charge in [0.25, 0.3) is 0 Å². The molecular formula is C15H18N2O2. The number of carboxylic acid groups (broad SMARTS) is 1. The number of benzene rings is 1. The lowest BCUT2D eigenvalue weighted by molar-refractivity contribution is 0.0699. The molecule has 0 saturated heterocycles. The second-order valence-corrected chi connectivity index (χ2v) is 5.65. The number of nitrogens with two attached hydrogens (primary N) is 1. The Kier molecular flexibility index (Phi) is 3.28. The van der Waals surface area contributed by atoms with Gasteiger partial charge in [-0.15, -0.1) is 0 Å². The van der Waals surface area contributed by atoms with Crippen LogP contribution in [0.4, 0.5) is 0 Å². The molecule has 3 N–H and O–H groups in total. The van der Waals surface area contributed by atoms with Gasteiger partial charge in [-0.25, -0.2) is 4.79 Å². The average Bonchev–Trinajstić information content (AvgIpc) is 2.35. The van der Waals surface area contributed by atoms with E-state index in [-0.39, 0.29) is 17.5 Å². The highest BCUT2D eigenvalue weighted by Crippen LogP contribution is 2.27. The molecule has 0 aliphatic heterocycles. The van der Waals surface area contributed by atoms with Crippen LogP contribution < -0.4 is 5.73 Å². The summed E-state index contributed by atoms with van der Waals surface area (Å²) in [7, 11) is 0. The van der Waals surface area contributed by atoms with Crippen molar-refractivity contribution in [2.45, 2.75) is 32.7 Å². The zero-order valence-electron chi connectivity index (χ0n) is 11.4. The molecular weight excluding hydrogens is 240 g/mol. The zero-order chi connectivity index (χ0) is 14.2. The van der Waals surface area contributed by atoms with Crippen LogP contribution in [0, 0.1) is 0 Å². The number of carbonyl (C=O) groups is 1. The van der Waals surface area contributed by atoms with Gasteiger partial charge in [0.2, 0.25) is 0 Å². The van der Waals surface area contributed by atoms with Gasteiger partial charge >= 0.3 is 5.97 Å². The zero-order valence-corrected chi connectivity index (χ0v) is 11.4. The summed E-state index contributed by atoms with van der Waals surface area (Å²) in [6.07, 6.45) is 0. The maximum absolute atomic E-state index is 11.4.